The third-order valence-corrected chi connectivity index (χ3v) is 8.87. The van der Waals surface area contributed by atoms with E-state index in [1.807, 2.05) is 6.92 Å². The van der Waals surface area contributed by atoms with Gasteiger partial charge in [-0.3, -0.25) is 4.79 Å². The number of rotatable bonds is 3. The second-order valence-corrected chi connectivity index (χ2v) is 11.1. The molecular weight excluding hydrogens is 456 g/mol. The zero-order valence-electron chi connectivity index (χ0n) is 19.9. The van der Waals surface area contributed by atoms with Crippen molar-refractivity contribution >= 4 is 27.1 Å². The van der Waals surface area contributed by atoms with Crippen LogP contribution >= 0.6 is 0 Å². The topological polar surface area (TPSA) is 114 Å². The largest absolute Gasteiger partial charge is 0.360 e. The number of aryl methyl sites for hydroxylation is 5. The second-order valence-electron chi connectivity index (χ2n) is 9.18. The second kappa shape index (κ2) is 8.77. The Morgan fingerprint density at radius 2 is 1.79 bits per heavy atom. The number of hydrogen-bond acceptors (Lipinski definition) is 7. The maximum atomic E-state index is 13.6. The van der Waals surface area contributed by atoms with Crippen LogP contribution in [-0.2, 0) is 23.0 Å². The van der Waals surface area contributed by atoms with Gasteiger partial charge in [0.25, 0.3) is 5.91 Å². The van der Waals surface area contributed by atoms with Crippen LogP contribution in [0.4, 0.5) is 0 Å². The summed E-state index contributed by atoms with van der Waals surface area (Å²) >= 11 is 0. The van der Waals surface area contributed by atoms with Crippen molar-refractivity contribution in [3.8, 4) is 0 Å². The average Bonchev–Trinajstić information content (AvgIpc) is 3.09. The molecule has 0 bridgehead atoms. The van der Waals surface area contributed by atoms with E-state index in [0.29, 0.717) is 42.8 Å². The molecule has 0 aromatic carbocycles. The lowest BCUT2D eigenvalue weighted by Crippen LogP contribution is -2.37. The zero-order valence-corrected chi connectivity index (χ0v) is 20.7. The number of carbonyl (C=O) groups excluding carboxylic acids is 1. The third-order valence-electron chi connectivity index (χ3n) is 6.73. The number of sulfonamides is 1. The standard InChI is InChI=1S/C23H30N6O4S/c1-15-14-18(20-22(24-15)29-11-6-4-5-8-19(29)25-20)23(30)27-9-7-10-28(13-12-27)34(31,32)21-16(2)26-33-17(21)3/h14H,4-13H2,1-3H3. The van der Waals surface area contributed by atoms with Gasteiger partial charge in [0.15, 0.2) is 11.4 Å². The molecule has 0 radical (unpaired) electrons. The fourth-order valence-electron chi connectivity index (χ4n) is 5.06. The van der Waals surface area contributed by atoms with Gasteiger partial charge in [-0.05, 0) is 46.1 Å². The van der Waals surface area contributed by atoms with E-state index in [9.17, 15) is 13.2 Å². The van der Waals surface area contributed by atoms with Gasteiger partial charge in [-0.25, -0.2) is 18.4 Å². The minimum atomic E-state index is -3.75. The molecule has 0 N–H and O–H groups in total. The Bertz CT molecular complexity index is 1340. The maximum Gasteiger partial charge on any atom is 0.256 e. The molecule has 5 heterocycles. The van der Waals surface area contributed by atoms with Crippen LogP contribution in [-0.4, -0.2) is 69.4 Å². The predicted molar refractivity (Wildman–Crippen MR) is 125 cm³/mol. The first-order valence-electron chi connectivity index (χ1n) is 11.9. The van der Waals surface area contributed by atoms with E-state index in [0.717, 1.165) is 43.0 Å². The first-order chi connectivity index (χ1) is 16.3. The van der Waals surface area contributed by atoms with Crippen LogP contribution in [0.1, 0.15) is 59.0 Å². The van der Waals surface area contributed by atoms with E-state index in [2.05, 4.69) is 9.72 Å². The fraction of sp³-hybridized carbons (Fsp3) is 0.565. The van der Waals surface area contributed by atoms with E-state index in [1.54, 1.807) is 24.8 Å². The number of imidazole rings is 1. The molecule has 10 nitrogen and oxygen atoms in total. The molecule has 34 heavy (non-hydrogen) atoms. The van der Waals surface area contributed by atoms with Crippen molar-refractivity contribution in [2.24, 2.45) is 0 Å². The quantitative estimate of drug-likeness (QED) is 0.559. The number of carbonyl (C=O) groups is 1. The number of aromatic nitrogens is 4. The highest BCUT2D eigenvalue weighted by Gasteiger charge is 2.33. The van der Waals surface area contributed by atoms with Gasteiger partial charge >= 0.3 is 0 Å². The normalized spacial score (nSPS) is 18.0. The average molecular weight is 487 g/mol. The van der Waals surface area contributed by atoms with Crippen LogP contribution in [0, 0.1) is 20.8 Å². The number of pyridine rings is 1. The zero-order chi connectivity index (χ0) is 24.0. The lowest BCUT2D eigenvalue weighted by molar-refractivity contribution is 0.0766. The molecule has 2 aliphatic heterocycles. The monoisotopic (exact) mass is 486 g/mol. The fourth-order valence-corrected chi connectivity index (χ4v) is 6.82. The molecule has 1 fully saturated rings. The third kappa shape index (κ3) is 3.90. The van der Waals surface area contributed by atoms with Crippen molar-refractivity contribution in [1.29, 1.82) is 0 Å². The molecule has 2 aliphatic rings. The first kappa shape index (κ1) is 23.0. The Kier molecular flexibility index (Phi) is 5.93. The van der Waals surface area contributed by atoms with Gasteiger partial charge in [0, 0.05) is 44.8 Å². The van der Waals surface area contributed by atoms with E-state index >= 15 is 0 Å². The smallest absolute Gasteiger partial charge is 0.256 e. The molecule has 5 rings (SSSR count). The van der Waals surface area contributed by atoms with Crippen molar-refractivity contribution in [3.05, 3.63) is 34.6 Å². The Balaban J connectivity index is 1.42. The van der Waals surface area contributed by atoms with Crippen molar-refractivity contribution < 1.29 is 17.7 Å². The summed E-state index contributed by atoms with van der Waals surface area (Å²) < 4.78 is 35.2. The molecule has 182 valence electrons. The highest BCUT2D eigenvalue weighted by Crippen LogP contribution is 2.27. The van der Waals surface area contributed by atoms with Crippen LogP contribution in [0.25, 0.3) is 11.2 Å². The molecular formula is C23H30N6O4S. The maximum absolute atomic E-state index is 13.6. The summed E-state index contributed by atoms with van der Waals surface area (Å²) in [6.45, 7) is 7.32. The van der Waals surface area contributed by atoms with Gasteiger partial charge in [0.1, 0.15) is 21.9 Å². The highest BCUT2D eigenvalue weighted by atomic mass is 32.2. The first-order valence-corrected chi connectivity index (χ1v) is 13.3. The molecule has 1 amide bonds. The van der Waals surface area contributed by atoms with Crippen LogP contribution in [0.3, 0.4) is 0 Å². The lowest BCUT2D eigenvalue weighted by Gasteiger charge is -2.22. The molecule has 0 spiro atoms. The summed E-state index contributed by atoms with van der Waals surface area (Å²) in [4.78, 5) is 25.1. The van der Waals surface area contributed by atoms with Gasteiger partial charge < -0.3 is 14.0 Å². The molecule has 0 saturated carbocycles. The van der Waals surface area contributed by atoms with Crippen LogP contribution in [0.5, 0.6) is 0 Å². The Morgan fingerprint density at radius 3 is 2.56 bits per heavy atom. The number of nitrogens with zero attached hydrogens (tertiary/aromatic N) is 6. The minimum Gasteiger partial charge on any atom is -0.360 e. The molecule has 11 heteroatoms. The van der Waals surface area contributed by atoms with Crippen LogP contribution in [0.2, 0.25) is 0 Å². The van der Waals surface area contributed by atoms with Crippen molar-refractivity contribution in [1.82, 2.24) is 28.9 Å². The van der Waals surface area contributed by atoms with Gasteiger partial charge in [0.2, 0.25) is 10.0 Å². The summed E-state index contributed by atoms with van der Waals surface area (Å²) in [5.74, 6) is 1.15. The molecule has 3 aromatic rings. The lowest BCUT2D eigenvalue weighted by atomic mass is 10.1. The van der Waals surface area contributed by atoms with E-state index in [-0.39, 0.29) is 23.1 Å². The van der Waals surface area contributed by atoms with Gasteiger partial charge in [-0.15, -0.1) is 0 Å². The summed E-state index contributed by atoms with van der Waals surface area (Å²) in [7, 11) is -3.75. The number of amides is 1. The van der Waals surface area contributed by atoms with Crippen molar-refractivity contribution in [2.75, 3.05) is 26.2 Å². The molecule has 1 saturated heterocycles. The predicted octanol–water partition coefficient (Wildman–Crippen LogP) is 2.61. The van der Waals surface area contributed by atoms with Crippen LogP contribution < -0.4 is 0 Å². The molecule has 0 atom stereocenters. The van der Waals surface area contributed by atoms with E-state index < -0.39 is 10.0 Å². The molecule has 3 aromatic heterocycles. The summed E-state index contributed by atoms with van der Waals surface area (Å²) in [5.41, 5.74) is 3.10. The Labute approximate surface area is 199 Å². The number of fused-ring (bicyclic) bond motifs is 3. The Hall–Kier alpha value is -2.79. The summed E-state index contributed by atoms with van der Waals surface area (Å²) in [6.07, 6.45) is 4.78. The molecule has 0 unspecified atom stereocenters. The highest BCUT2D eigenvalue weighted by molar-refractivity contribution is 7.89. The van der Waals surface area contributed by atoms with Gasteiger partial charge in [-0.1, -0.05) is 11.6 Å². The molecule has 0 aliphatic carbocycles. The van der Waals surface area contributed by atoms with Crippen molar-refractivity contribution in [3.63, 3.8) is 0 Å². The summed E-state index contributed by atoms with van der Waals surface area (Å²) in [5, 5.41) is 3.79. The van der Waals surface area contributed by atoms with Crippen LogP contribution in [0.15, 0.2) is 15.5 Å². The van der Waals surface area contributed by atoms with Crippen molar-refractivity contribution in [2.45, 2.75) is 64.3 Å². The van der Waals surface area contributed by atoms with Gasteiger partial charge in [-0.2, -0.15) is 4.31 Å². The Morgan fingerprint density at radius 1 is 0.971 bits per heavy atom. The number of hydrogen-bond donors (Lipinski definition) is 0. The van der Waals surface area contributed by atoms with E-state index in [4.69, 9.17) is 14.5 Å². The van der Waals surface area contributed by atoms with E-state index in [1.165, 1.54) is 10.7 Å². The SMILES string of the molecule is Cc1cc(C(=O)N2CCCN(S(=O)(=O)c3c(C)noc3C)CC2)c2nc3n(c2n1)CCCCC3. The summed E-state index contributed by atoms with van der Waals surface area (Å²) in [6, 6.07) is 1.81. The van der Waals surface area contributed by atoms with Gasteiger partial charge in [0.05, 0.1) is 5.56 Å². The minimum absolute atomic E-state index is 0.123.